The second-order valence-corrected chi connectivity index (χ2v) is 3.32. The molecule has 0 heterocycles. The summed E-state index contributed by atoms with van der Waals surface area (Å²) in [5.74, 6) is -1.71. The van der Waals surface area contributed by atoms with E-state index in [2.05, 4.69) is 0 Å². The number of hydrogen-bond donors (Lipinski definition) is 1. The Morgan fingerprint density at radius 2 is 1.83 bits per heavy atom. The van der Waals surface area contributed by atoms with Gasteiger partial charge in [0.2, 0.25) is 0 Å². The Bertz CT molecular complexity index is 289. The van der Waals surface area contributed by atoms with E-state index in [1.165, 1.54) is 12.1 Å². The molecular formula is C9H11F2N. The predicted molar refractivity (Wildman–Crippen MR) is 43.6 cm³/mol. The molecule has 0 aromatic heterocycles. The van der Waals surface area contributed by atoms with Crippen LogP contribution in [0.2, 0.25) is 0 Å². The molecule has 66 valence electrons. The second-order valence-electron chi connectivity index (χ2n) is 3.32. The van der Waals surface area contributed by atoms with Crippen molar-refractivity contribution in [3.63, 3.8) is 0 Å². The highest BCUT2D eigenvalue weighted by molar-refractivity contribution is 5.25. The summed E-state index contributed by atoms with van der Waals surface area (Å²) in [6, 6.07) is 4.01. The minimum absolute atomic E-state index is 0.197. The summed E-state index contributed by atoms with van der Waals surface area (Å²) in [6.07, 6.45) is 0. The summed E-state index contributed by atoms with van der Waals surface area (Å²) >= 11 is 0. The predicted octanol–water partition coefficient (Wildman–Crippen LogP) is 2.16. The molecule has 0 radical (unpaired) electrons. The molecule has 1 aromatic carbocycles. The van der Waals surface area contributed by atoms with Gasteiger partial charge in [-0.1, -0.05) is 12.1 Å². The van der Waals surface area contributed by atoms with Crippen molar-refractivity contribution in [1.82, 2.24) is 0 Å². The van der Waals surface area contributed by atoms with Crippen molar-refractivity contribution in [3.8, 4) is 0 Å². The van der Waals surface area contributed by atoms with Crippen LogP contribution in [0.15, 0.2) is 18.2 Å². The maximum atomic E-state index is 13.0. The second kappa shape index (κ2) is 2.83. The largest absolute Gasteiger partial charge is 0.322 e. The Morgan fingerprint density at radius 1 is 1.25 bits per heavy atom. The molecule has 0 fully saturated rings. The van der Waals surface area contributed by atoms with Crippen LogP contribution in [0.3, 0.4) is 0 Å². The van der Waals surface area contributed by atoms with E-state index >= 15 is 0 Å². The van der Waals surface area contributed by atoms with E-state index < -0.39 is 17.2 Å². The van der Waals surface area contributed by atoms with Gasteiger partial charge in [-0.3, -0.25) is 0 Å². The van der Waals surface area contributed by atoms with Gasteiger partial charge in [0, 0.05) is 11.1 Å². The lowest BCUT2D eigenvalue weighted by atomic mass is 9.95. The van der Waals surface area contributed by atoms with Crippen LogP contribution in [0.5, 0.6) is 0 Å². The highest BCUT2D eigenvalue weighted by atomic mass is 19.2. The van der Waals surface area contributed by atoms with Crippen molar-refractivity contribution >= 4 is 0 Å². The molecule has 0 atom stereocenters. The molecule has 1 rings (SSSR count). The number of rotatable bonds is 1. The van der Waals surface area contributed by atoms with Crippen LogP contribution in [0, 0.1) is 11.6 Å². The summed E-state index contributed by atoms with van der Waals surface area (Å²) in [4.78, 5) is 0. The standard InChI is InChI=1S/C9H11F2N/c1-9(2,12)6-4-3-5-7(10)8(6)11/h3-5H,12H2,1-2H3. The molecule has 0 amide bonds. The Morgan fingerprint density at radius 3 is 2.25 bits per heavy atom. The highest BCUT2D eigenvalue weighted by Gasteiger charge is 2.20. The molecule has 0 spiro atoms. The van der Waals surface area contributed by atoms with E-state index in [0.29, 0.717) is 0 Å². The number of nitrogens with two attached hydrogens (primary N) is 1. The van der Waals surface area contributed by atoms with E-state index in [0.717, 1.165) is 6.07 Å². The lowest BCUT2D eigenvalue weighted by Crippen LogP contribution is -2.30. The molecule has 0 bridgehead atoms. The fourth-order valence-electron chi connectivity index (χ4n) is 1.00. The van der Waals surface area contributed by atoms with Crippen molar-refractivity contribution in [3.05, 3.63) is 35.4 Å². The van der Waals surface area contributed by atoms with Crippen LogP contribution >= 0.6 is 0 Å². The molecule has 0 saturated heterocycles. The van der Waals surface area contributed by atoms with E-state index in [1.807, 2.05) is 0 Å². The van der Waals surface area contributed by atoms with Gasteiger partial charge in [0.1, 0.15) is 0 Å². The zero-order valence-corrected chi connectivity index (χ0v) is 7.07. The lowest BCUT2D eigenvalue weighted by molar-refractivity contribution is 0.455. The Kier molecular flexibility index (Phi) is 2.15. The van der Waals surface area contributed by atoms with Crippen LogP contribution < -0.4 is 5.73 Å². The van der Waals surface area contributed by atoms with Crippen molar-refractivity contribution < 1.29 is 8.78 Å². The Labute approximate surface area is 70.2 Å². The van der Waals surface area contributed by atoms with Crippen LogP contribution in [0.4, 0.5) is 8.78 Å². The van der Waals surface area contributed by atoms with Crippen molar-refractivity contribution in [1.29, 1.82) is 0 Å². The van der Waals surface area contributed by atoms with E-state index in [1.54, 1.807) is 13.8 Å². The van der Waals surface area contributed by atoms with Gasteiger partial charge in [-0.15, -0.1) is 0 Å². The lowest BCUT2D eigenvalue weighted by Gasteiger charge is -2.19. The molecule has 3 heteroatoms. The first-order chi connectivity index (χ1) is 5.43. The van der Waals surface area contributed by atoms with Gasteiger partial charge in [-0.05, 0) is 19.9 Å². The van der Waals surface area contributed by atoms with Gasteiger partial charge in [0.05, 0.1) is 0 Å². The molecule has 0 aliphatic heterocycles. The van der Waals surface area contributed by atoms with E-state index in [9.17, 15) is 8.78 Å². The molecule has 0 saturated carbocycles. The maximum Gasteiger partial charge on any atom is 0.163 e. The monoisotopic (exact) mass is 171 g/mol. The van der Waals surface area contributed by atoms with Gasteiger partial charge in [-0.25, -0.2) is 8.78 Å². The SMILES string of the molecule is CC(C)(N)c1cccc(F)c1F. The van der Waals surface area contributed by atoms with Gasteiger partial charge in [0.15, 0.2) is 11.6 Å². The third kappa shape index (κ3) is 1.61. The Hall–Kier alpha value is -0.960. The summed E-state index contributed by atoms with van der Waals surface area (Å²) < 4.78 is 25.7. The summed E-state index contributed by atoms with van der Waals surface area (Å²) in [7, 11) is 0. The van der Waals surface area contributed by atoms with Crippen molar-refractivity contribution in [2.75, 3.05) is 0 Å². The normalized spacial score (nSPS) is 11.8. The van der Waals surface area contributed by atoms with Crippen LogP contribution in [-0.2, 0) is 5.54 Å². The van der Waals surface area contributed by atoms with E-state index in [-0.39, 0.29) is 5.56 Å². The quantitative estimate of drug-likeness (QED) is 0.688. The fraction of sp³-hybridized carbons (Fsp3) is 0.333. The number of halogens is 2. The molecule has 1 aromatic rings. The summed E-state index contributed by atoms with van der Waals surface area (Å²) in [5.41, 5.74) is 4.98. The van der Waals surface area contributed by atoms with Crippen molar-refractivity contribution in [2.45, 2.75) is 19.4 Å². The minimum atomic E-state index is -0.856. The minimum Gasteiger partial charge on any atom is -0.322 e. The van der Waals surface area contributed by atoms with Gasteiger partial charge in [-0.2, -0.15) is 0 Å². The topological polar surface area (TPSA) is 26.0 Å². The molecular weight excluding hydrogens is 160 g/mol. The Balaban J connectivity index is 3.26. The van der Waals surface area contributed by atoms with Crippen LogP contribution in [-0.4, -0.2) is 0 Å². The third-order valence-electron chi connectivity index (χ3n) is 1.65. The smallest absolute Gasteiger partial charge is 0.163 e. The zero-order chi connectivity index (χ0) is 9.35. The highest BCUT2D eigenvalue weighted by Crippen LogP contribution is 2.21. The first-order valence-electron chi connectivity index (χ1n) is 3.66. The molecule has 1 nitrogen and oxygen atoms in total. The summed E-state index contributed by atoms with van der Waals surface area (Å²) in [6.45, 7) is 3.26. The average molecular weight is 171 g/mol. The first-order valence-corrected chi connectivity index (χ1v) is 3.66. The van der Waals surface area contributed by atoms with Crippen LogP contribution in [0.25, 0.3) is 0 Å². The number of benzene rings is 1. The maximum absolute atomic E-state index is 13.0. The zero-order valence-electron chi connectivity index (χ0n) is 7.07. The van der Waals surface area contributed by atoms with Gasteiger partial charge in [0.25, 0.3) is 0 Å². The molecule has 12 heavy (non-hydrogen) atoms. The first kappa shape index (κ1) is 9.13. The molecule has 2 N–H and O–H groups in total. The van der Waals surface area contributed by atoms with E-state index in [4.69, 9.17) is 5.73 Å². The molecule has 0 aliphatic carbocycles. The summed E-state index contributed by atoms with van der Waals surface area (Å²) in [5, 5.41) is 0. The average Bonchev–Trinajstić information content (AvgIpc) is 1.92. The third-order valence-corrected chi connectivity index (χ3v) is 1.65. The van der Waals surface area contributed by atoms with Gasteiger partial charge < -0.3 is 5.73 Å². The fourth-order valence-corrected chi connectivity index (χ4v) is 1.00. The van der Waals surface area contributed by atoms with Crippen LogP contribution in [0.1, 0.15) is 19.4 Å². The molecule has 0 aliphatic rings. The van der Waals surface area contributed by atoms with Crippen molar-refractivity contribution in [2.24, 2.45) is 5.73 Å². The van der Waals surface area contributed by atoms with Gasteiger partial charge >= 0.3 is 0 Å². The number of hydrogen-bond acceptors (Lipinski definition) is 1. The molecule has 0 unspecified atom stereocenters.